The Hall–Kier alpha value is -1.12. The number of unbranched alkanes of at least 4 members (excludes halogenated alkanes) is 24. The molecule has 0 fully saturated rings. The van der Waals surface area contributed by atoms with Crippen LogP contribution in [0.1, 0.15) is 233 Å². The number of hydrogen-bond acceptors (Lipinski definition) is 0. The Morgan fingerprint density at radius 1 is 0.226 bits per heavy atom. The number of halogens is 16. The summed E-state index contributed by atoms with van der Waals surface area (Å²) < 4.78 is 253. The van der Waals surface area contributed by atoms with Gasteiger partial charge in [0.25, 0.3) is 11.8 Å². The van der Waals surface area contributed by atoms with Crippen molar-refractivity contribution in [3.05, 3.63) is 0 Å². The van der Waals surface area contributed by atoms with Gasteiger partial charge in [0.1, 0.15) is 0 Å². The molecular weight excluding hydrogens is 856 g/mol. The van der Waals surface area contributed by atoms with E-state index in [9.17, 15) is 26.3 Å². The molecule has 0 amide bonds. The molecule has 0 saturated heterocycles. The lowest BCUT2D eigenvalue weighted by atomic mass is 9.62. The van der Waals surface area contributed by atoms with Crippen molar-refractivity contribution < 1.29 is 70.2 Å². The molecule has 0 aromatic heterocycles. The van der Waals surface area contributed by atoms with Crippen molar-refractivity contribution in [3.63, 3.8) is 0 Å². The minimum atomic E-state index is -8.58. The second-order valence-corrected chi connectivity index (χ2v) is 17.7. The summed E-state index contributed by atoms with van der Waals surface area (Å²) >= 11 is 0. The lowest BCUT2D eigenvalue weighted by molar-refractivity contribution is -0.468. The van der Waals surface area contributed by atoms with E-state index in [4.69, 9.17) is 0 Å². The number of alkyl halides is 16. The first-order valence-electron chi connectivity index (χ1n) is 23.8. The summed E-state index contributed by atoms with van der Waals surface area (Å²) in [7, 11) is 0. The largest absolute Gasteiger partial charge is 0.432 e. The topological polar surface area (TPSA) is 0 Å². The van der Waals surface area contributed by atoms with Gasteiger partial charge in [0.05, 0.1) is 0 Å². The Labute approximate surface area is 362 Å². The minimum absolute atomic E-state index is 0.00872. The summed E-state index contributed by atoms with van der Waals surface area (Å²) in [6, 6.07) is 0. The molecular formula is C46H78F16. The van der Waals surface area contributed by atoms with Crippen LogP contribution >= 0.6 is 0 Å². The summed E-state index contributed by atoms with van der Waals surface area (Å²) in [6.07, 6.45) is -18.7. The zero-order chi connectivity index (χ0) is 47.8. The van der Waals surface area contributed by atoms with E-state index in [0.717, 1.165) is 51.4 Å². The van der Waals surface area contributed by atoms with E-state index in [1.54, 1.807) is 0 Å². The monoisotopic (exact) mass is 935 g/mol. The standard InChI is InChI=1S/C46H78F16/c1-5-9-13-17-21-25-29-33-37(34-30-26-22-18-14-10-6-2)39(47,48)41(51,44(54,55)56)43(53,46(60,61)62)42(52,45(57,58)59)40(49,50)38(35-31-27-23-19-15-11-7-3)36-32-28-24-20-16-12-8-4/h37-38H,5-36H2,1-4H3. The molecule has 0 aromatic rings. The Balaban J connectivity index is 7.61. The van der Waals surface area contributed by atoms with Crippen LogP contribution in [0.15, 0.2) is 0 Å². The maximum absolute atomic E-state index is 17.1. The second kappa shape index (κ2) is 28.8. The quantitative estimate of drug-likeness (QED) is 0.0427. The zero-order valence-corrected chi connectivity index (χ0v) is 37.8. The fourth-order valence-corrected chi connectivity index (χ4v) is 8.82. The fourth-order valence-electron chi connectivity index (χ4n) is 8.82. The second-order valence-electron chi connectivity index (χ2n) is 17.7. The summed E-state index contributed by atoms with van der Waals surface area (Å²) in [4.78, 5) is 0. The molecule has 0 bridgehead atoms. The molecule has 2 unspecified atom stereocenters. The molecule has 0 aliphatic heterocycles. The van der Waals surface area contributed by atoms with Gasteiger partial charge in [0, 0.05) is 11.8 Å². The van der Waals surface area contributed by atoms with Gasteiger partial charge in [0.2, 0.25) is 0 Å². The lowest BCUT2D eigenvalue weighted by Gasteiger charge is -2.54. The molecule has 0 aromatic carbocycles. The predicted molar refractivity (Wildman–Crippen MR) is 217 cm³/mol. The normalized spacial score (nSPS) is 16.5. The Kier molecular flexibility index (Phi) is 28.3. The van der Waals surface area contributed by atoms with Crippen LogP contribution in [0.3, 0.4) is 0 Å². The van der Waals surface area contributed by atoms with Gasteiger partial charge >= 0.3 is 35.5 Å². The summed E-state index contributed by atoms with van der Waals surface area (Å²) in [5.41, 5.74) is -24.9. The average molecular weight is 935 g/mol. The van der Waals surface area contributed by atoms with Crippen molar-refractivity contribution in [1.29, 1.82) is 0 Å². The van der Waals surface area contributed by atoms with Gasteiger partial charge in [-0.15, -0.1) is 0 Å². The summed E-state index contributed by atoms with van der Waals surface area (Å²) in [6.45, 7) is 7.56. The molecule has 0 spiro atoms. The van der Waals surface area contributed by atoms with Crippen molar-refractivity contribution in [2.45, 2.75) is 281 Å². The summed E-state index contributed by atoms with van der Waals surface area (Å²) in [5, 5.41) is 0. The van der Waals surface area contributed by atoms with Crippen molar-refractivity contribution in [3.8, 4) is 0 Å². The molecule has 0 saturated carbocycles. The van der Waals surface area contributed by atoms with Crippen LogP contribution in [0.2, 0.25) is 0 Å². The maximum Gasteiger partial charge on any atom is 0.432 e. The van der Waals surface area contributed by atoms with Crippen molar-refractivity contribution in [2.75, 3.05) is 0 Å². The van der Waals surface area contributed by atoms with E-state index in [1.165, 1.54) is 0 Å². The fraction of sp³-hybridized carbons (Fsp3) is 1.00. The maximum atomic E-state index is 17.1. The molecule has 0 radical (unpaired) electrons. The molecule has 0 N–H and O–H groups in total. The third kappa shape index (κ3) is 16.3. The van der Waals surface area contributed by atoms with Gasteiger partial charge in [-0.05, 0) is 25.7 Å². The first kappa shape index (κ1) is 60.9. The number of hydrogen-bond donors (Lipinski definition) is 0. The average Bonchev–Trinajstić information content (AvgIpc) is 3.18. The number of rotatable bonds is 38. The van der Waals surface area contributed by atoms with E-state index >= 15 is 43.9 Å². The van der Waals surface area contributed by atoms with E-state index in [1.807, 2.05) is 27.7 Å². The molecule has 16 heteroatoms. The molecule has 2 atom stereocenters. The SMILES string of the molecule is CCCCCCCCCC(CCCCCCCCC)C(F)(F)C(F)(C(F)(F)F)C(F)(C(F)(F)F)C(F)(C(F)(F)F)C(F)(F)C(CCCCCCCCC)CCCCCCCCC. The first-order chi connectivity index (χ1) is 28.8. The molecule has 0 aliphatic rings. The Bertz CT molecular complexity index is 1010. The zero-order valence-electron chi connectivity index (χ0n) is 37.8. The molecule has 0 nitrogen and oxygen atoms in total. The van der Waals surface area contributed by atoms with Gasteiger partial charge in [-0.3, -0.25) is 0 Å². The Morgan fingerprint density at radius 2 is 0.387 bits per heavy atom. The van der Waals surface area contributed by atoms with Crippen molar-refractivity contribution in [2.24, 2.45) is 11.8 Å². The van der Waals surface area contributed by atoms with Crippen LogP contribution in [0.5, 0.6) is 0 Å². The van der Waals surface area contributed by atoms with Gasteiger partial charge in [-0.1, -0.05) is 207 Å². The highest BCUT2D eigenvalue weighted by atomic mass is 19.4. The predicted octanol–water partition coefficient (Wildman–Crippen LogP) is 19.9. The van der Waals surface area contributed by atoms with E-state index in [2.05, 4.69) is 0 Å². The Morgan fingerprint density at radius 3 is 0.548 bits per heavy atom. The third-order valence-corrected chi connectivity index (χ3v) is 12.7. The van der Waals surface area contributed by atoms with Crippen LogP contribution < -0.4 is 0 Å². The lowest BCUT2D eigenvalue weighted by Crippen LogP contribution is -2.85. The van der Waals surface area contributed by atoms with Crippen LogP contribution in [-0.2, 0) is 0 Å². The van der Waals surface area contributed by atoms with Gasteiger partial charge < -0.3 is 0 Å². The van der Waals surface area contributed by atoms with Crippen molar-refractivity contribution >= 4 is 0 Å². The van der Waals surface area contributed by atoms with Crippen LogP contribution in [-0.4, -0.2) is 47.4 Å². The van der Waals surface area contributed by atoms with Gasteiger partial charge in [0.15, 0.2) is 0 Å². The molecule has 0 heterocycles. The highest BCUT2D eigenvalue weighted by Gasteiger charge is 3.01. The first-order valence-corrected chi connectivity index (χ1v) is 23.8. The van der Waals surface area contributed by atoms with E-state index in [0.29, 0.717) is 77.0 Å². The molecule has 62 heavy (non-hydrogen) atoms. The van der Waals surface area contributed by atoms with Crippen molar-refractivity contribution in [1.82, 2.24) is 0 Å². The van der Waals surface area contributed by atoms with Gasteiger partial charge in [-0.25, -0.2) is 30.7 Å². The highest BCUT2D eigenvalue weighted by molar-refractivity contribution is 5.30. The molecule has 0 aliphatic carbocycles. The van der Waals surface area contributed by atoms with E-state index in [-0.39, 0.29) is 25.7 Å². The van der Waals surface area contributed by atoms with Crippen LogP contribution in [0.4, 0.5) is 70.2 Å². The minimum Gasteiger partial charge on any atom is -0.225 e. The summed E-state index contributed by atoms with van der Waals surface area (Å²) in [5.74, 6) is -20.1. The molecule has 374 valence electrons. The smallest absolute Gasteiger partial charge is 0.225 e. The van der Waals surface area contributed by atoms with Crippen LogP contribution in [0, 0.1) is 11.8 Å². The van der Waals surface area contributed by atoms with E-state index < -0.39 is 111 Å². The molecule has 0 rings (SSSR count). The highest BCUT2D eigenvalue weighted by Crippen LogP contribution is 2.71. The third-order valence-electron chi connectivity index (χ3n) is 12.7. The van der Waals surface area contributed by atoms with Gasteiger partial charge in [-0.2, -0.15) is 39.5 Å². The van der Waals surface area contributed by atoms with Crippen LogP contribution in [0.25, 0.3) is 0 Å².